The lowest BCUT2D eigenvalue weighted by atomic mass is 9.98. The summed E-state index contributed by atoms with van der Waals surface area (Å²) in [5, 5.41) is 0.465. The van der Waals surface area contributed by atoms with E-state index in [4.69, 9.17) is 15.2 Å². The second-order valence-electron chi connectivity index (χ2n) is 5.57. The van der Waals surface area contributed by atoms with Crippen LogP contribution >= 0.6 is 11.3 Å². The van der Waals surface area contributed by atoms with Crippen molar-refractivity contribution >= 4 is 22.3 Å². The summed E-state index contributed by atoms with van der Waals surface area (Å²) in [6.07, 6.45) is 0. The number of rotatable bonds is 5. The minimum atomic E-state index is -0.428. The Balaban J connectivity index is 2.77. The number of nitrogens with two attached hydrogens (primary N) is 1. The molecule has 1 aromatic heterocycles. The first-order chi connectivity index (χ1) is 10.9. The molecular formula is C17H22N2O3S. The van der Waals surface area contributed by atoms with Crippen LogP contribution in [0, 0.1) is 6.92 Å². The number of thiophene rings is 1. The van der Waals surface area contributed by atoms with E-state index in [1.54, 1.807) is 7.11 Å². The molecule has 124 valence electrons. The van der Waals surface area contributed by atoms with Crippen LogP contribution in [0.2, 0.25) is 0 Å². The predicted octanol–water partition coefficient (Wildman–Crippen LogP) is 3.16. The first-order valence-corrected chi connectivity index (χ1v) is 7.99. The van der Waals surface area contributed by atoms with Crippen molar-refractivity contribution in [1.82, 2.24) is 4.90 Å². The van der Waals surface area contributed by atoms with Crippen LogP contribution in [0.15, 0.2) is 18.2 Å². The second-order valence-corrected chi connectivity index (χ2v) is 6.71. The summed E-state index contributed by atoms with van der Waals surface area (Å²) in [6.45, 7) is 2.68. The van der Waals surface area contributed by atoms with Crippen LogP contribution in [0.3, 0.4) is 0 Å². The molecule has 1 aromatic carbocycles. The molecule has 0 fully saturated rings. The molecule has 6 heteroatoms. The summed E-state index contributed by atoms with van der Waals surface area (Å²) in [6, 6.07) is 5.88. The SMILES string of the molecule is COC(=O)c1c(N)sc(CN(C)C)c1-c1cc(C)ccc1OC. The van der Waals surface area contributed by atoms with Crippen LogP contribution in [-0.2, 0) is 11.3 Å². The lowest BCUT2D eigenvalue weighted by Crippen LogP contribution is -2.11. The van der Waals surface area contributed by atoms with Gasteiger partial charge in [-0.1, -0.05) is 11.6 Å². The van der Waals surface area contributed by atoms with E-state index in [-0.39, 0.29) is 0 Å². The van der Waals surface area contributed by atoms with E-state index in [9.17, 15) is 4.79 Å². The second kappa shape index (κ2) is 7.02. The van der Waals surface area contributed by atoms with Crippen LogP contribution < -0.4 is 10.5 Å². The van der Waals surface area contributed by atoms with Crippen molar-refractivity contribution in [3.8, 4) is 16.9 Å². The Morgan fingerprint density at radius 3 is 2.57 bits per heavy atom. The highest BCUT2D eigenvalue weighted by atomic mass is 32.1. The van der Waals surface area contributed by atoms with Gasteiger partial charge in [-0.25, -0.2) is 4.79 Å². The molecule has 5 nitrogen and oxygen atoms in total. The van der Waals surface area contributed by atoms with Gasteiger partial charge in [0, 0.05) is 22.5 Å². The number of esters is 1. The molecule has 2 N–H and O–H groups in total. The van der Waals surface area contributed by atoms with Gasteiger partial charge < -0.3 is 20.1 Å². The third-order valence-electron chi connectivity index (χ3n) is 3.48. The monoisotopic (exact) mass is 334 g/mol. The van der Waals surface area contributed by atoms with Crippen LogP contribution in [-0.4, -0.2) is 39.2 Å². The van der Waals surface area contributed by atoms with Crippen molar-refractivity contribution in [1.29, 1.82) is 0 Å². The number of benzene rings is 1. The zero-order chi connectivity index (χ0) is 17.1. The molecule has 0 radical (unpaired) electrons. The van der Waals surface area contributed by atoms with Gasteiger partial charge in [-0.15, -0.1) is 11.3 Å². The fourth-order valence-electron chi connectivity index (χ4n) is 2.50. The highest BCUT2D eigenvalue weighted by molar-refractivity contribution is 7.17. The lowest BCUT2D eigenvalue weighted by molar-refractivity contribution is 0.0603. The van der Waals surface area contributed by atoms with E-state index >= 15 is 0 Å². The smallest absolute Gasteiger partial charge is 0.341 e. The summed E-state index contributed by atoms with van der Waals surface area (Å²) in [4.78, 5) is 15.3. The molecule has 0 saturated heterocycles. The fraction of sp³-hybridized carbons (Fsp3) is 0.353. The van der Waals surface area contributed by atoms with E-state index in [1.807, 2.05) is 44.1 Å². The van der Waals surface area contributed by atoms with E-state index < -0.39 is 5.97 Å². The molecule has 0 unspecified atom stereocenters. The Labute approximate surface area is 140 Å². The normalized spacial score (nSPS) is 10.9. The maximum atomic E-state index is 12.3. The number of carbonyl (C=O) groups excluding carboxylic acids is 1. The number of methoxy groups -OCH3 is 2. The van der Waals surface area contributed by atoms with Crippen molar-refractivity contribution in [2.24, 2.45) is 0 Å². The molecule has 0 aliphatic carbocycles. The number of anilines is 1. The molecule has 0 amide bonds. The standard InChI is InChI=1S/C17H22N2O3S/c1-10-6-7-12(21-4)11(8-10)14-13(9-19(2)3)23-16(18)15(14)17(20)22-5/h6-8H,9,18H2,1-5H3. The highest BCUT2D eigenvalue weighted by Crippen LogP contribution is 2.43. The third kappa shape index (κ3) is 3.48. The van der Waals surface area contributed by atoms with E-state index in [0.717, 1.165) is 21.6 Å². The van der Waals surface area contributed by atoms with Crippen LogP contribution in [0.4, 0.5) is 5.00 Å². The number of nitrogens with zero attached hydrogens (tertiary/aromatic N) is 1. The highest BCUT2D eigenvalue weighted by Gasteiger charge is 2.26. The zero-order valence-corrected chi connectivity index (χ0v) is 14.9. The van der Waals surface area contributed by atoms with Crippen LogP contribution in [0.25, 0.3) is 11.1 Å². The largest absolute Gasteiger partial charge is 0.496 e. The van der Waals surface area contributed by atoms with Gasteiger partial charge in [0.05, 0.1) is 14.2 Å². The number of aryl methyl sites for hydroxylation is 1. The molecule has 0 atom stereocenters. The fourth-order valence-corrected chi connectivity index (χ4v) is 3.69. The molecule has 0 aliphatic rings. The van der Waals surface area contributed by atoms with Gasteiger partial charge in [0.25, 0.3) is 0 Å². The van der Waals surface area contributed by atoms with Crippen molar-refractivity contribution in [2.75, 3.05) is 34.0 Å². The Morgan fingerprint density at radius 1 is 1.30 bits per heavy atom. The van der Waals surface area contributed by atoms with Crippen LogP contribution in [0.1, 0.15) is 20.8 Å². The van der Waals surface area contributed by atoms with Gasteiger partial charge in [0.2, 0.25) is 0 Å². The van der Waals surface area contributed by atoms with Gasteiger partial charge in [0.1, 0.15) is 16.3 Å². The zero-order valence-electron chi connectivity index (χ0n) is 14.1. The molecule has 23 heavy (non-hydrogen) atoms. The van der Waals surface area contributed by atoms with Crippen molar-refractivity contribution in [3.63, 3.8) is 0 Å². The van der Waals surface area contributed by atoms with Crippen molar-refractivity contribution in [2.45, 2.75) is 13.5 Å². The van der Waals surface area contributed by atoms with Crippen molar-refractivity contribution in [3.05, 3.63) is 34.2 Å². The Hall–Kier alpha value is -2.05. The summed E-state index contributed by atoms with van der Waals surface area (Å²) in [5.41, 5.74) is 9.27. The number of hydrogen-bond acceptors (Lipinski definition) is 6. The number of hydrogen-bond donors (Lipinski definition) is 1. The van der Waals surface area contributed by atoms with Gasteiger partial charge in [-0.05, 0) is 33.2 Å². The maximum absolute atomic E-state index is 12.3. The van der Waals surface area contributed by atoms with Crippen LogP contribution in [0.5, 0.6) is 5.75 Å². The summed E-state index contributed by atoms with van der Waals surface area (Å²) in [5.74, 6) is 0.279. The molecule has 2 aromatic rings. The molecule has 0 bridgehead atoms. The van der Waals surface area contributed by atoms with Gasteiger partial charge in [0.15, 0.2) is 0 Å². The first kappa shape index (κ1) is 17.3. The molecule has 0 spiro atoms. The first-order valence-electron chi connectivity index (χ1n) is 7.18. The summed E-state index contributed by atoms with van der Waals surface area (Å²) < 4.78 is 10.4. The predicted molar refractivity (Wildman–Crippen MR) is 94.2 cm³/mol. The average Bonchev–Trinajstić information content (AvgIpc) is 2.81. The Kier molecular flexibility index (Phi) is 5.28. The molecular weight excluding hydrogens is 312 g/mol. The van der Waals surface area contributed by atoms with E-state index in [0.29, 0.717) is 22.9 Å². The van der Waals surface area contributed by atoms with E-state index in [2.05, 4.69) is 0 Å². The maximum Gasteiger partial charge on any atom is 0.341 e. The Morgan fingerprint density at radius 2 is 2.00 bits per heavy atom. The molecule has 0 aliphatic heterocycles. The summed E-state index contributed by atoms with van der Waals surface area (Å²) >= 11 is 1.41. The quantitative estimate of drug-likeness (QED) is 0.851. The number of nitrogen functional groups attached to an aromatic ring is 1. The molecule has 2 rings (SSSR count). The third-order valence-corrected chi connectivity index (χ3v) is 4.49. The van der Waals surface area contributed by atoms with Gasteiger partial charge in [-0.3, -0.25) is 0 Å². The van der Waals surface area contributed by atoms with E-state index in [1.165, 1.54) is 18.4 Å². The Bertz CT molecular complexity index is 723. The van der Waals surface area contributed by atoms with Crippen molar-refractivity contribution < 1.29 is 14.3 Å². The minimum Gasteiger partial charge on any atom is -0.496 e. The molecule has 0 saturated carbocycles. The van der Waals surface area contributed by atoms with Gasteiger partial charge >= 0.3 is 5.97 Å². The number of carbonyl (C=O) groups is 1. The summed E-state index contributed by atoms with van der Waals surface area (Å²) in [7, 11) is 6.94. The average molecular weight is 334 g/mol. The topological polar surface area (TPSA) is 64.8 Å². The van der Waals surface area contributed by atoms with Gasteiger partial charge in [-0.2, -0.15) is 0 Å². The molecule has 1 heterocycles. The lowest BCUT2D eigenvalue weighted by Gasteiger charge is -2.14. The number of ether oxygens (including phenoxy) is 2. The minimum absolute atomic E-state index is 0.415.